The third kappa shape index (κ3) is 1.54. The van der Waals surface area contributed by atoms with Crippen molar-refractivity contribution < 1.29 is 9.47 Å². The van der Waals surface area contributed by atoms with Crippen molar-refractivity contribution in [3.63, 3.8) is 0 Å². The normalized spacial score (nSPS) is 31.1. The van der Waals surface area contributed by atoms with Gasteiger partial charge in [0.1, 0.15) is 17.5 Å². The van der Waals surface area contributed by atoms with E-state index in [1.54, 1.807) is 0 Å². The van der Waals surface area contributed by atoms with Crippen LogP contribution in [0.2, 0.25) is 0 Å². The molecular formula is C13H16O2S. The van der Waals surface area contributed by atoms with Crippen molar-refractivity contribution in [3.8, 4) is 5.75 Å². The molecule has 0 radical (unpaired) electrons. The average molecular weight is 236 g/mol. The maximum absolute atomic E-state index is 6.09. The second-order valence-corrected chi connectivity index (χ2v) is 6.08. The summed E-state index contributed by atoms with van der Waals surface area (Å²) in [6.45, 7) is 5.15. The fourth-order valence-electron chi connectivity index (χ4n) is 2.49. The SMILES string of the molecule is CC1(C)Oc2ccccc2[C@@H]2OCCS[C@H]21. The second kappa shape index (κ2) is 3.67. The van der Waals surface area contributed by atoms with Gasteiger partial charge in [-0.15, -0.1) is 11.8 Å². The molecule has 0 amide bonds. The molecule has 1 aromatic rings. The summed E-state index contributed by atoms with van der Waals surface area (Å²) in [6, 6.07) is 8.23. The molecule has 0 spiro atoms. The van der Waals surface area contributed by atoms with Gasteiger partial charge in [0.2, 0.25) is 0 Å². The summed E-state index contributed by atoms with van der Waals surface area (Å²) in [5, 5.41) is 0.399. The predicted molar refractivity (Wildman–Crippen MR) is 66.1 cm³/mol. The first-order valence-corrected chi connectivity index (χ1v) is 6.74. The van der Waals surface area contributed by atoms with Gasteiger partial charge in [-0.05, 0) is 19.9 Å². The highest BCUT2D eigenvalue weighted by Crippen LogP contribution is 2.48. The largest absolute Gasteiger partial charge is 0.486 e. The molecule has 1 saturated heterocycles. The van der Waals surface area contributed by atoms with E-state index in [1.165, 1.54) is 5.56 Å². The summed E-state index contributed by atoms with van der Waals surface area (Å²) in [5.74, 6) is 2.05. The van der Waals surface area contributed by atoms with Gasteiger partial charge >= 0.3 is 0 Å². The summed E-state index contributed by atoms with van der Waals surface area (Å²) in [7, 11) is 0. The second-order valence-electron chi connectivity index (χ2n) is 4.83. The topological polar surface area (TPSA) is 18.5 Å². The van der Waals surface area contributed by atoms with E-state index in [2.05, 4.69) is 26.0 Å². The summed E-state index contributed by atoms with van der Waals surface area (Å²) in [5.41, 5.74) is 1.06. The van der Waals surface area contributed by atoms with E-state index >= 15 is 0 Å². The van der Waals surface area contributed by atoms with Crippen LogP contribution in [0.3, 0.4) is 0 Å². The molecule has 0 aromatic heterocycles. The van der Waals surface area contributed by atoms with Crippen LogP contribution in [0.4, 0.5) is 0 Å². The maximum atomic E-state index is 6.09. The molecule has 0 unspecified atom stereocenters. The van der Waals surface area contributed by atoms with Gasteiger partial charge in [-0.25, -0.2) is 0 Å². The van der Waals surface area contributed by atoms with Gasteiger partial charge in [0, 0.05) is 11.3 Å². The van der Waals surface area contributed by atoms with Gasteiger partial charge < -0.3 is 9.47 Å². The van der Waals surface area contributed by atoms with Crippen LogP contribution in [0.25, 0.3) is 0 Å². The Morgan fingerprint density at radius 3 is 3.00 bits per heavy atom. The third-order valence-electron chi connectivity index (χ3n) is 3.24. The van der Waals surface area contributed by atoms with Crippen LogP contribution < -0.4 is 4.74 Å². The number of hydrogen-bond acceptors (Lipinski definition) is 3. The monoisotopic (exact) mass is 236 g/mol. The van der Waals surface area contributed by atoms with E-state index in [1.807, 2.05) is 23.9 Å². The molecule has 2 heterocycles. The van der Waals surface area contributed by atoms with Crippen LogP contribution in [-0.2, 0) is 4.74 Å². The lowest BCUT2D eigenvalue weighted by molar-refractivity contribution is -0.0256. The Kier molecular flexibility index (Phi) is 2.41. The highest BCUT2D eigenvalue weighted by atomic mass is 32.2. The number of fused-ring (bicyclic) bond motifs is 3. The third-order valence-corrected chi connectivity index (χ3v) is 4.81. The minimum atomic E-state index is -0.149. The zero-order valence-corrected chi connectivity index (χ0v) is 10.4. The Balaban J connectivity index is 2.07. The van der Waals surface area contributed by atoms with E-state index in [9.17, 15) is 0 Å². The number of para-hydroxylation sites is 1. The Hall–Kier alpha value is -0.670. The molecule has 3 heteroatoms. The van der Waals surface area contributed by atoms with E-state index in [4.69, 9.17) is 9.47 Å². The van der Waals surface area contributed by atoms with Crippen LogP contribution in [0, 0.1) is 0 Å². The summed E-state index contributed by atoms with van der Waals surface area (Å²) < 4.78 is 12.0. The Morgan fingerprint density at radius 2 is 2.12 bits per heavy atom. The van der Waals surface area contributed by atoms with Gasteiger partial charge in [0.15, 0.2) is 0 Å². The minimum Gasteiger partial charge on any atom is -0.486 e. The first-order valence-electron chi connectivity index (χ1n) is 5.70. The van der Waals surface area contributed by atoms with Gasteiger partial charge in [-0.3, -0.25) is 0 Å². The van der Waals surface area contributed by atoms with Gasteiger partial charge in [0.25, 0.3) is 0 Å². The van der Waals surface area contributed by atoms with Crippen LogP contribution >= 0.6 is 11.8 Å². The smallest absolute Gasteiger partial charge is 0.126 e. The molecule has 1 aromatic carbocycles. The van der Waals surface area contributed by atoms with Gasteiger partial charge in [-0.2, -0.15) is 0 Å². The van der Waals surface area contributed by atoms with E-state index in [-0.39, 0.29) is 11.7 Å². The molecule has 2 aliphatic rings. The van der Waals surface area contributed by atoms with Crippen LogP contribution in [-0.4, -0.2) is 23.2 Å². The molecule has 0 bridgehead atoms. The maximum Gasteiger partial charge on any atom is 0.126 e. The number of rotatable bonds is 0. The summed E-state index contributed by atoms with van der Waals surface area (Å²) in [6.07, 6.45) is 0.193. The van der Waals surface area contributed by atoms with Gasteiger partial charge in [0.05, 0.1) is 11.9 Å². The number of thioether (sulfide) groups is 1. The highest BCUT2D eigenvalue weighted by Gasteiger charge is 2.46. The molecule has 2 aliphatic heterocycles. The molecule has 0 saturated carbocycles. The number of hydrogen-bond donors (Lipinski definition) is 0. The molecule has 0 N–H and O–H groups in total. The predicted octanol–water partition coefficient (Wildman–Crippen LogP) is 3.03. The van der Waals surface area contributed by atoms with Crippen LogP contribution in [0.5, 0.6) is 5.75 Å². The van der Waals surface area contributed by atoms with Crippen molar-refractivity contribution in [2.24, 2.45) is 0 Å². The zero-order chi connectivity index (χ0) is 11.2. The number of ether oxygens (including phenoxy) is 2. The highest BCUT2D eigenvalue weighted by molar-refractivity contribution is 8.00. The minimum absolute atomic E-state index is 0.149. The summed E-state index contributed by atoms with van der Waals surface area (Å²) in [4.78, 5) is 0. The average Bonchev–Trinajstić information content (AvgIpc) is 2.29. The first kappa shape index (κ1) is 10.5. The Morgan fingerprint density at radius 1 is 1.31 bits per heavy atom. The van der Waals surface area contributed by atoms with Crippen LogP contribution in [0.15, 0.2) is 24.3 Å². The van der Waals surface area contributed by atoms with E-state index < -0.39 is 0 Å². The van der Waals surface area contributed by atoms with Crippen molar-refractivity contribution in [1.29, 1.82) is 0 Å². The molecule has 0 aliphatic carbocycles. The molecule has 2 atom stereocenters. The van der Waals surface area contributed by atoms with E-state index in [0.29, 0.717) is 5.25 Å². The van der Waals surface area contributed by atoms with Gasteiger partial charge in [-0.1, -0.05) is 18.2 Å². The lowest BCUT2D eigenvalue weighted by Crippen LogP contribution is -2.49. The molecule has 16 heavy (non-hydrogen) atoms. The van der Waals surface area contributed by atoms with Crippen molar-refractivity contribution in [2.45, 2.75) is 30.8 Å². The Labute approximate surface area is 100 Å². The van der Waals surface area contributed by atoms with Crippen molar-refractivity contribution in [2.75, 3.05) is 12.4 Å². The molecule has 86 valence electrons. The Bertz CT molecular complexity index is 403. The molecular weight excluding hydrogens is 220 g/mol. The lowest BCUT2D eigenvalue weighted by atomic mass is 9.91. The summed E-state index contributed by atoms with van der Waals surface area (Å²) >= 11 is 1.97. The van der Waals surface area contributed by atoms with Crippen LogP contribution in [0.1, 0.15) is 25.5 Å². The van der Waals surface area contributed by atoms with Crippen molar-refractivity contribution in [3.05, 3.63) is 29.8 Å². The fraction of sp³-hybridized carbons (Fsp3) is 0.538. The lowest BCUT2D eigenvalue weighted by Gasteiger charge is -2.46. The standard InChI is InChI=1S/C13H16O2S/c1-13(2)12-11(14-7-8-16-12)9-5-3-4-6-10(9)15-13/h3-6,11-12H,7-8H2,1-2H3/t11-,12+/m0/s1. The quantitative estimate of drug-likeness (QED) is 0.690. The molecule has 3 rings (SSSR count). The first-order chi connectivity index (χ1) is 7.68. The van der Waals surface area contributed by atoms with Crippen molar-refractivity contribution >= 4 is 11.8 Å². The fourth-order valence-corrected chi connectivity index (χ4v) is 3.79. The molecule has 1 fully saturated rings. The number of benzene rings is 1. The van der Waals surface area contributed by atoms with E-state index in [0.717, 1.165) is 18.1 Å². The zero-order valence-electron chi connectivity index (χ0n) is 9.60. The van der Waals surface area contributed by atoms with Crippen molar-refractivity contribution in [1.82, 2.24) is 0 Å². The molecule has 2 nitrogen and oxygen atoms in total.